The molecule has 0 fully saturated rings. The first-order valence-corrected chi connectivity index (χ1v) is 7.31. The number of hydrogen-bond acceptors (Lipinski definition) is 1. The van der Waals surface area contributed by atoms with Crippen molar-refractivity contribution < 1.29 is 4.79 Å². The molecule has 4 rings (SSSR count). The van der Waals surface area contributed by atoms with E-state index in [1.807, 2.05) is 30.3 Å². The molecular weight excluding hydrogens is 256 g/mol. The van der Waals surface area contributed by atoms with E-state index in [1.54, 1.807) is 6.92 Å². The van der Waals surface area contributed by atoms with E-state index < -0.39 is 0 Å². The maximum absolute atomic E-state index is 10.6. The van der Waals surface area contributed by atoms with E-state index in [0.29, 0.717) is 0 Å². The van der Waals surface area contributed by atoms with Crippen LogP contribution in [0.1, 0.15) is 28.4 Å². The summed E-state index contributed by atoms with van der Waals surface area (Å²) in [6, 6.07) is 22.4. The minimum atomic E-state index is 0.121. The summed E-state index contributed by atoms with van der Waals surface area (Å²) < 4.78 is 0. The first kappa shape index (κ1) is 13.6. The highest BCUT2D eigenvalue weighted by Crippen LogP contribution is 2.29. The molecule has 104 valence electrons. The van der Waals surface area contributed by atoms with Crippen molar-refractivity contribution in [3.63, 3.8) is 0 Å². The third-order valence-electron chi connectivity index (χ3n) is 3.92. The predicted octanol–water partition coefficient (Wildman–Crippen LogP) is 4.83. The summed E-state index contributed by atoms with van der Waals surface area (Å²) in [6.07, 6.45) is 2.47. The van der Waals surface area contributed by atoms with Crippen molar-refractivity contribution in [2.75, 3.05) is 0 Å². The zero-order valence-corrected chi connectivity index (χ0v) is 12.2. The van der Waals surface area contributed by atoms with Gasteiger partial charge in [-0.15, -0.1) is 0 Å². The van der Waals surface area contributed by atoms with Gasteiger partial charge in [-0.25, -0.2) is 0 Å². The lowest BCUT2D eigenvalue weighted by Gasteiger charge is -1.99. The van der Waals surface area contributed by atoms with Gasteiger partial charge >= 0.3 is 0 Å². The van der Waals surface area contributed by atoms with Crippen LogP contribution in [-0.4, -0.2) is 5.78 Å². The SMILES string of the molecule is CC(=O)c1ccccc1.c1cc2c3c(cccc3c1)CC2. The standard InChI is InChI=1S/C12H10.C8H8O/c1-3-9-4-2-6-11-8-7-10(5-1)12(9)11;1-7(9)8-5-3-2-4-6-8/h1-6H,7-8H2;2-6H,1H3. The number of ketones is 1. The first-order chi connectivity index (χ1) is 10.3. The molecule has 1 aliphatic rings. The van der Waals surface area contributed by atoms with Crippen molar-refractivity contribution in [2.24, 2.45) is 0 Å². The number of rotatable bonds is 1. The molecule has 1 aliphatic carbocycles. The van der Waals surface area contributed by atoms with E-state index in [9.17, 15) is 4.79 Å². The molecule has 0 bridgehead atoms. The molecule has 0 aliphatic heterocycles. The molecule has 1 heteroatoms. The Bertz CT molecular complexity index is 733. The Hall–Kier alpha value is -2.41. The molecule has 0 N–H and O–H groups in total. The van der Waals surface area contributed by atoms with Gasteiger partial charge in [-0.2, -0.15) is 0 Å². The third-order valence-corrected chi connectivity index (χ3v) is 3.92. The fourth-order valence-corrected chi connectivity index (χ4v) is 2.86. The van der Waals surface area contributed by atoms with Crippen LogP contribution in [0.5, 0.6) is 0 Å². The minimum Gasteiger partial charge on any atom is -0.295 e. The molecule has 0 saturated heterocycles. The quantitative estimate of drug-likeness (QED) is 0.581. The average Bonchev–Trinajstić information content (AvgIpc) is 2.95. The number of carbonyl (C=O) groups excluding carboxylic acids is 1. The van der Waals surface area contributed by atoms with Crippen LogP contribution in [-0.2, 0) is 12.8 Å². The molecule has 0 spiro atoms. The Morgan fingerprint density at radius 2 is 1.33 bits per heavy atom. The fraction of sp³-hybridized carbons (Fsp3) is 0.150. The van der Waals surface area contributed by atoms with Gasteiger partial charge in [-0.1, -0.05) is 66.7 Å². The number of hydrogen-bond donors (Lipinski definition) is 0. The summed E-state index contributed by atoms with van der Waals surface area (Å²) in [5, 5.41) is 2.92. The zero-order valence-electron chi connectivity index (χ0n) is 12.2. The normalized spacial score (nSPS) is 11.9. The molecule has 0 amide bonds. The van der Waals surface area contributed by atoms with E-state index in [2.05, 4.69) is 36.4 Å². The highest BCUT2D eigenvalue weighted by Gasteiger charge is 2.11. The van der Waals surface area contributed by atoms with Crippen LogP contribution < -0.4 is 0 Å². The van der Waals surface area contributed by atoms with E-state index in [1.165, 1.54) is 34.7 Å². The van der Waals surface area contributed by atoms with Gasteiger partial charge in [0.1, 0.15) is 0 Å². The number of aryl methyl sites for hydroxylation is 2. The van der Waals surface area contributed by atoms with Crippen LogP contribution in [0, 0.1) is 0 Å². The van der Waals surface area contributed by atoms with Gasteiger partial charge in [0, 0.05) is 5.56 Å². The van der Waals surface area contributed by atoms with Crippen molar-refractivity contribution in [3.8, 4) is 0 Å². The summed E-state index contributed by atoms with van der Waals surface area (Å²) in [7, 11) is 0. The van der Waals surface area contributed by atoms with Gasteiger partial charge in [0.15, 0.2) is 5.78 Å². The van der Waals surface area contributed by atoms with Crippen LogP contribution in [0.4, 0.5) is 0 Å². The monoisotopic (exact) mass is 274 g/mol. The molecule has 3 aromatic carbocycles. The molecule has 0 saturated carbocycles. The van der Waals surface area contributed by atoms with Gasteiger partial charge in [0.25, 0.3) is 0 Å². The highest BCUT2D eigenvalue weighted by molar-refractivity contribution is 5.93. The van der Waals surface area contributed by atoms with Gasteiger partial charge in [0.05, 0.1) is 0 Å². The lowest BCUT2D eigenvalue weighted by Crippen LogP contribution is -1.88. The van der Waals surface area contributed by atoms with Gasteiger partial charge in [-0.05, 0) is 41.7 Å². The minimum absolute atomic E-state index is 0.121. The molecule has 0 atom stereocenters. The molecule has 1 nitrogen and oxygen atoms in total. The highest BCUT2D eigenvalue weighted by atomic mass is 16.1. The average molecular weight is 274 g/mol. The van der Waals surface area contributed by atoms with Crippen LogP contribution in [0.3, 0.4) is 0 Å². The summed E-state index contributed by atoms with van der Waals surface area (Å²) in [4.78, 5) is 10.6. The maximum Gasteiger partial charge on any atom is 0.159 e. The molecule has 0 aromatic heterocycles. The molecule has 0 heterocycles. The van der Waals surface area contributed by atoms with E-state index in [4.69, 9.17) is 0 Å². The lowest BCUT2D eigenvalue weighted by molar-refractivity contribution is 0.101. The van der Waals surface area contributed by atoms with E-state index >= 15 is 0 Å². The number of benzene rings is 3. The molecule has 0 radical (unpaired) electrons. The van der Waals surface area contributed by atoms with Crippen LogP contribution in [0.15, 0.2) is 66.7 Å². The predicted molar refractivity (Wildman–Crippen MR) is 87.8 cm³/mol. The second kappa shape index (κ2) is 5.92. The molecule has 21 heavy (non-hydrogen) atoms. The Kier molecular flexibility index (Phi) is 3.83. The largest absolute Gasteiger partial charge is 0.295 e. The van der Waals surface area contributed by atoms with Crippen LogP contribution in [0.25, 0.3) is 10.8 Å². The topological polar surface area (TPSA) is 17.1 Å². The summed E-state index contributed by atoms with van der Waals surface area (Å²) in [5.41, 5.74) is 3.84. The summed E-state index contributed by atoms with van der Waals surface area (Å²) in [5.74, 6) is 0.121. The van der Waals surface area contributed by atoms with Crippen molar-refractivity contribution in [1.82, 2.24) is 0 Å². The lowest BCUT2D eigenvalue weighted by atomic mass is 10.1. The first-order valence-electron chi connectivity index (χ1n) is 7.31. The second-order valence-electron chi connectivity index (χ2n) is 5.35. The van der Waals surface area contributed by atoms with Gasteiger partial charge < -0.3 is 0 Å². The van der Waals surface area contributed by atoms with Crippen molar-refractivity contribution in [3.05, 3.63) is 83.4 Å². The number of carbonyl (C=O) groups is 1. The van der Waals surface area contributed by atoms with Crippen LogP contribution >= 0.6 is 0 Å². The van der Waals surface area contributed by atoms with Crippen molar-refractivity contribution in [1.29, 1.82) is 0 Å². The van der Waals surface area contributed by atoms with Gasteiger partial charge in [0.2, 0.25) is 0 Å². The Labute approximate surface area is 125 Å². The Morgan fingerprint density at radius 3 is 1.81 bits per heavy atom. The summed E-state index contributed by atoms with van der Waals surface area (Å²) in [6.45, 7) is 1.56. The molecule has 3 aromatic rings. The van der Waals surface area contributed by atoms with Gasteiger partial charge in [-0.3, -0.25) is 4.79 Å². The van der Waals surface area contributed by atoms with Crippen molar-refractivity contribution >= 4 is 16.6 Å². The molecular formula is C20H18O. The Morgan fingerprint density at radius 1 is 0.762 bits per heavy atom. The second-order valence-corrected chi connectivity index (χ2v) is 5.35. The third kappa shape index (κ3) is 2.87. The summed E-state index contributed by atoms with van der Waals surface area (Å²) >= 11 is 0. The smallest absolute Gasteiger partial charge is 0.159 e. The zero-order chi connectivity index (χ0) is 14.7. The fourth-order valence-electron chi connectivity index (χ4n) is 2.86. The number of Topliss-reactive ketones (excluding diaryl/α,β-unsaturated/α-hetero) is 1. The van der Waals surface area contributed by atoms with Crippen LogP contribution in [0.2, 0.25) is 0 Å². The van der Waals surface area contributed by atoms with Crippen molar-refractivity contribution in [2.45, 2.75) is 19.8 Å². The Balaban J connectivity index is 0.000000133. The molecule has 0 unspecified atom stereocenters. The van der Waals surface area contributed by atoms with E-state index in [-0.39, 0.29) is 5.78 Å². The van der Waals surface area contributed by atoms with E-state index in [0.717, 1.165) is 5.56 Å². The maximum atomic E-state index is 10.6.